The Morgan fingerprint density at radius 1 is 0.536 bits per heavy atom. The van der Waals surface area contributed by atoms with Crippen LogP contribution in [0, 0.1) is 0 Å². The van der Waals surface area contributed by atoms with Gasteiger partial charge in [0.15, 0.2) is 0 Å². The van der Waals surface area contributed by atoms with E-state index in [0.29, 0.717) is 6.42 Å². The highest BCUT2D eigenvalue weighted by molar-refractivity contribution is 5.66. The van der Waals surface area contributed by atoms with Gasteiger partial charge in [-0.2, -0.15) is 0 Å². The van der Waals surface area contributed by atoms with Crippen molar-refractivity contribution in [2.24, 2.45) is 0 Å². The number of hydrogen-bond donors (Lipinski definition) is 1. The molecule has 168 valence electrons. The van der Waals surface area contributed by atoms with Gasteiger partial charge in [-0.05, 0) is 32.1 Å². The first-order valence-electron chi connectivity index (χ1n) is 12.6. The maximum absolute atomic E-state index is 10.3. The van der Waals surface area contributed by atoms with Crippen LogP contribution in [-0.2, 0) is 4.79 Å². The maximum atomic E-state index is 10.3. The fourth-order valence-corrected chi connectivity index (χ4v) is 3.20. The second kappa shape index (κ2) is 28.4. The fourth-order valence-electron chi connectivity index (χ4n) is 3.20. The van der Waals surface area contributed by atoms with E-state index >= 15 is 0 Å². The quantitative estimate of drug-likeness (QED) is 0.164. The highest BCUT2D eigenvalue weighted by atomic mass is 16.4. The van der Waals surface area contributed by atoms with Crippen molar-refractivity contribution in [2.75, 3.05) is 0 Å². The summed E-state index contributed by atoms with van der Waals surface area (Å²) in [6, 6.07) is 0. The zero-order chi connectivity index (χ0) is 21.1. The number of carboxylic acid groups (broad SMARTS) is 1. The Bertz CT molecular complexity index is 304. The Kier molecular flexibility index (Phi) is 29.9. The normalized spacial score (nSPS) is 10.8. The van der Waals surface area contributed by atoms with Gasteiger partial charge in [-0.15, -0.1) is 0 Å². The molecule has 0 aliphatic rings. The molecule has 0 spiro atoms. The van der Waals surface area contributed by atoms with Crippen LogP contribution < -0.4 is 0 Å². The van der Waals surface area contributed by atoms with Crippen LogP contribution in [0.15, 0.2) is 12.2 Å². The molecule has 0 radical (unpaired) electrons. The minimum atomic E-state index is -0.664. The van der Waals surface area contributed by atoms with E-state index in [0.717, 1.165) is 12.8 Å². The lowest BCUT2D eigenvalue weighted by Crippen LogP contribution is -1.93. The lowest BCUT2D eigenvalue weighted by Gasteiger charge is -1.99. The van der Waals surface area contributed by atoms with Crippen molar-refractivity contribution >= 4 is 5.97 Å². The molecule has 0 aliphatic heterocycles. The zero-order valence-electron chi connectivity index (χ0n) is 19.7. The van der Waals surface area contributed by atoms with E-state index in [4.69, 9.17) is 5.11 Å². The topological polar surface area (TPSA) is 37.3 Å². The van der Waals surface area contributed by atoms with Crippen molar-refractivity contribution in [1.29, 1.82) is 0 Å². The molecule has 0 fully saturated rings. The first-order valence-corrected chi connectivity index (χ1v) is 12.6. The molecule has 28 heavy (non-hydrogen) atoms. The van der Waals surface area contributed by atoms with E-state index in [9.17, 15) is 4.79 Å². The third-order valence-corrected chi connectivity index (χ3v) is 5.11. The van der Waals surface area contributed by atoms with Gasteiger partial charge in [0, 0.05) is 6.42 Å². The molecule has 0 aromatic carbocycles. The van der Waals surface area contributed by atoms with Crippen molar-refractivity contribution in [3.8, 4) is 0 Å². The average Bonchev–Trinajstić information content (AvgIpc) is 2.68. The Balaban J connectivity index is 0. The van der Waals surface area contributed by atoms with E-state index in [1.807, 2.05) is 0 Å². The SMILES string of the molecule is CCCCCCCC.CCCCCCCC/C=C\CCCCCCCC(=O)O. The Morgan fingerprint density at radius 3 is 1.21 bits per heavy atom. The highest BCUT2D eigenvalue weighted by Crippen LogP contribution is 2.09. The monoisotopic (exact) mass is 396 g/mol. The molecule has 0 aromatic rings. The third-order valence-electron chi connectivity index (χ3n) is 5.11. The van der Waals surface area contributed by atoms with Crippen LogP contribution in [-0.4, -0.2) is 11.1 Å². The number of allylic oxidation sites excluding steroid dienone is 2. The largest absolute Gasteiger partial charge is 0.481 e. The average molecular weight is 397 g/mol. The van der Waals surface area contributed by atoms with Gasteiger partial charge in [0.05, 0.1) is 0 Å². The number of carbonyl (C=O) groups is 1. The molecule has 0 saturated heterocycles. The van der Waals surface area contributed by atoms with Crippen LogP contribution >= 0.6 is 0 Å². The lowest BCUT2D eigenvalue weighted by atomic mass is 10.1. The predicted octanol–water partition coefficient (Wildman–Crippen LogP) is 9.48. The summed E-state index contributed by atoms with van der Waals surface area (Å²) in [5.74, 6) is -0.664. The van der Waals surface area contributed by atoms with Crippen molar-refractivity contribution in [3.05, 3.63) is 12.2 Å². The molecule has 0 heterocycles. The van der Waals surface area contributed by atoms with Crippen LogP contribution in [0.25, 0.3) is 0 Å². The molecule has 0 aliphatic carbocycles. The number of aliphatic carboxylic acids is 1. The predicted molar refractivity (Wildman–Crippen MR) is 126 cm³/mol. The zero-order valence-corrected chi connectivity index (χ0v) is 19.7. The van der Waals surface area contributed by atoms with Gasteiger partial charge in [-0.3, -0.25) is 4.79 Å². The molecule has 2 heteroatoms. The van der Waals surface area contributed by atoms with Crippen molar-refractivity contribution in [3.63, 3.8) is 0 Å². The summed E-state index contributed by atoms with van der Waals surface area (Å²) in [6.45, 7) is 6.77. The molecule has 0 rings (SSSR count). The summed E-state index contributed by atoms with van der Waals surface area (Å²) in [6.07, 6.45) is 29.7. The van der Waals surface area contributed by atoms with Gasteiger partial charge >= 0.3 is 5.97 Å². The van der Waals surface area contributed by atoms with E-state index in [-0.39, 0.29) is 0 Å². The van der Waals surface area contributed by atoms with Crippen LogP contribution in [0.3, 0.4) is 0 Å². The molecule has 0 unspecified atom stereocenters. The Hall–Kier alpha value is -0.790. The molecule has 0 amide bonds. The summed E-state index contributed by atoms with van der Waals surface area (Å²) in [5.41, 5.74) is 0. The van der Waals surface area contributed by atoms with Crippen LogP contribution in [0.2, 0.25) is 0 Å². The molecule has 1 N–H and O–H groups in total. The lowest BCUT2D eigenvalue weighted by molar-refractivity contribution is -0.137. The molecule has 0 aromatic heterocycles. The highest BCUT2D eigenvalue weighted by Gasteiger charge is 1.95. The van der Waals surface area contributed by atoms with Gasteiger partial charge < -0.3 is 5.11 Å². The minimum Gasteiger partial charge on any atom is -0.481 e. The van der Waals surface area contributed by atoms with Gasteiger partial charge in [0.2, 0.25) is 0 Å². The third kappa shape index (κ3) is 32.8. The number of unbranched alkanes of at least 4 members (excludes halogenated alkanes) is 16. The van der Waals surface area contributed by atoms with Gasteiger partial charge in [-0.25, -0.2) is 0 Å². The maximum Gasteiger partial charge on any atom is 0.303 e. The summed E-state index contributed by atoms with van der Waals surface area (Å²) >= 11 is 0. The van der Waals surface area contributed by atoms with E-state index < -0.39 is 5.97 Å². The van der Waals surface area contributed by atoms with Crippen LogP contribution in [0.4, 0.5) is 0 Å². The summed E-state index contributed by atoms with van der Waals surface area (Å²) < 4.78 is 0. The fraction of sp³-hybridized carbons (Fsp3) is 0.885. The molecular formula is C26H52O2. The molecule has 2 nitrogen and oxygen atoms in total. The van der Waals surface area contributed by atoms with Crippen molar-refractivity contribution < 1.29 is 9.90 Å². The van der Waals surface area contributed by atoms with Gasteiger partial charge in [-0.1, -0.05) is 123 Å². The summed E-state index contributed by atoms with van der Waals surface area (Å²) in [4.78, 5) is 10.3. The molecule has 0 bridgehead atoms. The molecule has 0 saturated carbocycles. The van der Waals surface area contributed by atoms with Crippen molar-refractivity contribution in [2.45, 2.75) is 149 Å². The number of carboxylic acids is 1. The van der Waals surface area contributed by atoms with Gasteiger partial charge in [0.25, 0.3) is 0 Å². The van der Waals surface area contributed by atoms with Gasteiger partial charge in [0.1, 0.15) is 0 Å². The Labute approximate surface area is 177 Å². The Morgan fingerprint density at radius 2 is 0.857 bits per heavy atom. The number of rotatable bonds is 20. The standard InChI is InChI=1S/C18H34O2.C8H18/c1-2-3-4-5-6-7-8-9-10-11-12-13-14-15-16-17-18(19)20;1-3-5-7-8-6-4-2/h9-10H,2-8,11-17H2,1H3,(H,19,20);3-8H2,1-2H3/b10-9-;. The number of hydrogen-bond acceptors (Lipinski definition) is 1. The van der Waals surface area contributed by atoms with E-state index in [1.165, 1.54) is 109 Å². The first-order chi connectivity index (χ1) is 13.7. The summed E-state index contributed by atoms with van der Waals surface area (Å²) in [5, 5.41) is 8.51. The minimum absolute atomic E-state index is 0.332. The van der Waals surface area contributed by atoms with Crippen LogP contribution in [0.5, 0.6) is 0 Å². The van der Waals surface area contributed by atoms with Crippen LogP contribution in [0.1, 0.15) is 149 Å². The second-order valence-electron chi connectivity index (χ2n) is 8.14. The smallest absolute Gasteiger partial charge is 0.303 e. The summed E-state index contributed by atoms with van der Waals surface area (Å²) in [7, 11) is 0. The molecule has 0 atom stereocenters. The van der Waals surface area contributed by atoms with E-state index in [2.05, 4.69) is 32.9 Å². The molecular weight excluding hydrogens is 344 g/mol. The second-order valence-corrected chi connectivity index (χ2v) is 8.14. The van der Waals surface area contributed by atoms with Crippen molar-refractivity contribution in [1.82, 2.24) is 0 Å². The van der Waals surface area contributed by atoms with E-state index in [1.54, 1.807) is 0 Å². The first kappa shape index (κ1) is 29.4.